The van der Waals surface area contributed by atoms with Gasteiger partial charge in [0.1, 0.15) is 0 Å². The number of rotatable bonds is 4. The second kappa shape index (κ2) is 6.32. The fraction of sp³-hybridized carbons (Fsp3) is 0.412. The standard InChI is InChI=1S/C17H20N2O3/c20-16(18-12-17(21)9-5-2-6-10-17)14-11-15(22-19-14)13-7-3-1-4-8-13/h1,3-4,7-8,11,21H,2,5-6,9-10,12H2,(H,18,20). The van der Waals surface area contributed by atoms with Crippen molar-refractivity contribution < 1.29 is 14.4 Å². The third kappa shape index (κ3) is 3.36. The molecule has 22 heavy (non-hydrogen) atoms. The normalized spacial score (nSPS) is 17.1. The van der Waals surface area contributed by atoms with Crippen molar-refractivity contribution in [1.82, 2.24) is 10.5 Å². The highest BCUT2D eigenvalue weighted by Crippen LogP contribution is 2.27. The summed E-state index contributed by atoms with van der Waals surface area (Å²) in [6.45, 7) is 0.263. The van der Waals surface area contributed by atoms with Crippen LogP contribution in [-0.2, 0) is 0 Å². The van der Waals surface area contributed by atoms with E-state index in [9.17, 15) is 9.90 Å². The fourth-order valence-corrected chi connectivity index (χ4v) is 2.84. The number of carbonyl (C=O) groups excluding carboxylic acids is 1. The molecule has 2 N–H and O–H groups in total. The predicted octanol–water partition coefficient (Wildman–Crippen LogP) is 2.77. The van der Waals surface area contributed by atoms with E-state index in [0.29, 0.717) is 5.76 Å². The molecule has 0 aliphatic heterocycles. The first-order chi connectivity index (χ1) is 10.7. The Bertz CT molecular complexity index is 630. The molecule has 116 valence electrons. The zero-order valence-electron chi connectivity index (χ0n) is 12.4. The van der Waals surface area contributed by atoms with E-state index in [1.165, 1.54) is 0 Å². The van der Waals surface area contributed by atoms with Crippen LogP contribution >= 0.6 is 0 Å². The lowest BCUT2D eigenvalue weighted by Crippen LogP contribution is -2.44. The maximum absolute atomic E-state index is 12.1. The largest absolute Gasteiger partial charge is 0.388 e. The monoisotopic (exact) mass is 300 g/mol. The Hall–Kier alpha value is -2.14. The number of hydrogen-bond acceptors (Lipinski definition) is 4. The lowest BCUT2D eigenvalue weighted by molar-refractivity contribution is 0.00518. The Morgan fingerprint density at radius 2 is 1.95 bits per heavy atom. The molecule has 0 bridgehead atoms. The van der Waals surface area contributed by atoms with Gasteiger partial charge in [-0.25, -0.2) is 0 Å². The molecule has 0 unspecified atom stereocenters. The van der Waals surface area contributed by atoms with Gasteiger partial charge in [-0.15, -0.1) is 0 Å². The molecule has 2 aromatic rings. The van der Waals surface area contributed by atoms with Crippen molar-refractivity contribution in [2.75, 3.05) is 6.54 Å². The average Bonchev–Trinajstić information content (AvgIpc) is 3.04. The summed E-state index contributed by atoms with van der Waals surface area (Å²) in [7, 11) is 0. The molecular weight excluding hydrogens is 280 g/mol. The van der Waals surface area contributed by atoms with E-state index < -0.39 is 5.60 Å². The summed E-state index contributed by atoms with van der Waals surface area (Å²) in [6.07, 6.45) is 4.64. The molecule has 0 spiro atoms. The van der Waals surface area contributed by atoms with Gasteiger partial charge < -0.3 is 14.9 Å². The smallest absolute Gasteiger partial charge is 0.273 e. The second-order valence-electron chi connectivity index (χ2n) is 5.91. The lowest BCUT2D eigenvalue weighted by Gasteiger charge is -2.31. The maximum atomic E-state index is 12.1. The van der Waals surface area contributed by atoms with Gasteiger partial charge in [-0.2, -0.15) is 0 Å². The van der Waals surface area contributed by atoms with E-state index in [-0.39, 0.29) is 18.1 Å². The van der Waals surface area contributed by atoms with Gasteiger partial charge in [0.2, 0.25) is 0 Å². The van der Waals surface area contributed by atoms with Crippen LogP contribution in [0.4, 0.5) is 0 Å². The van der Waals surface area contributed by atoms with E-state index in [0.717, 1.165) is 37.7 Å². The van der Waals surface area contributed by atoms with Crippen molar-refractivity contribution >= 4 is 5.91 Å². The summed E-state index contributed by atoms with van der Waals surface area (Å²) >= 11 is 0. The Labute approximate surface area is 129 Å². The molecule has 5 nitrogen and oxygen atoms in total. The van der Waals surface area contributed by atoms with Gasteiger partial charge in [-0.1, -0.05) is 54.8 Å². The molecule has 1 aliphatic rings. The lowest BCUT2D eigenvalue weighted by atomic mass is 9.85. The molecule has 1 fully saturated rings. The Morgan fingerprint density at radius 3 is 2.68 bits per heavy atom. The van der Waals surface area contributed by atoms with Crippen molar-refractivity contribution in [3.8, 4) is 11.3 Å². The highest BCUT2D eigenvalue weighted by atomic mass is 16.5. The van der Waals surface area contributed by atoms with E-state index in [4.69, 9.17) is 4.52 Å². The van der Waals surface area contributed by atoms with Gasteiger partial charge in [0.15, 0.2) is 11.5 Å². The van der Waals surface area contributed by atoms with Gasteiger partial charge in [0.05, 0.1) is 5.60 Å². The van der Waals surface area contributed by atoms with Crippen molar-refractivity contribution in [1.29, 1.82) is 0 Å². The molecule has 0 saturated heterocycles. The number of benzene rings is 1. The molecule has 3 rings (SSSR count). The van der Waals surface area contributed by atoms with E-state index in [2.05, 4.69) is 10.5 Å². The summed E-state index contributed by atoms with van der Waals surface area (Å²) in [6, 6.07) is 11.1. The number of nitrogens with zero attached hydrogens (tertiary/aromatic N) is 1. The third-order valence-electron chi connectivity index (χ3n) is 4.16. The number of aliphatic hydroxyl groups is 1. The highest BCUT2D eigenvalue weighted by Gasteiger charge is 2.29. The Kier molecular flexibility index (Phi) is 4.24. The number of carbonyl (C=O) groups is 1. The van der Waals surface area contributed by atoms with Crippen molar-refractivity contribution in [3.05, 3.63) is 42.1 Å². The van der Waals surface area contributed by atoms with Gasteiger partial charge in [-0.05, 0) is 12.8 Å². The molecule has 1 saturated carbocycles. The number of hydrogen-bond donors (Lipinski definition) is 2. The molecule has 1 aliphatic carbocycles. The minimum atomic E-state index is -0.778. The molecule has 0 radical (unpaired) electrons. The molecule has 1 amide bonds. The van der Waals surface area contributed by atoms with Crippen LogP contribution < -0.4 is 5.32 Å². The molecule has 1 aromatic heterocycles. The van der Waals surface area contributed by atoms with Crippen molar-refractivity contribution in [2.24, 2.45) is 0 Å². The van der Waals surface area contributed by atoms with E-state index in [1.54, 1.807) is 6.07 Å². The summed E-state index contributed by atoms with van der Waals surface area (Å²) in [5.41, 5.74) is 0.332. The molecule has 1 heterocycles. The molecule has 1 aromatic carbocycles. The average molecular weight is 300 g/mol. The molecule has 5 heteroatoms. The predicted molar refractivity (Wildman–Crippen MR) is 82.3 cm³/mol. The van der Waals surface area contributed by atoms with Gasteiger partial charge in [-0.3, -0.25) is 4.79 Å². The second-order valence-corrected chi connectivity index (χ2v) is 5.91. The Morgan fingerprint density at radius 1 is 1.23 bits per heavy atom. The van der Waals surface area contributed by atoms with Crippen molar-refractivity contribution in [3.63, 3.8) is 0 Å². The van der Waals surface area contributed by atoms with Crippen LogP contribution in [0.5, 0.6) is 0 Å². The summed E-state index contributed by atoms with van der Waals surface area (Å²) in [5, 5.41) is 17.0. The topological polar surface area (TPSA) is 75.4 Å². The SMILES string of the molecule is O=C(NCC1(O)CCCCC1)c1cc(-c2ccccc2)on1. The minimum absolute atomic E-state index is 0.235. The van der Waals surface area contributed by atoms with Gasteiger partial charge in [0, 0.05) is 18.2 Å². The minimum Gasteiger partial charge on any atom is -0.388 e. The zero-order chi connectivity index (χ0) is 15.4. The first-order valence-corrected chi connectivity index (χ1v) is 7.69. The van der Waals surface area contributed by atoms with Gasteiger partial charge in [0.25, 0.3) is 5.91 Å². The van der Waals surface area contributed by atoms with Crippen LogP contribution in [0.2, 0.25) is 0 Å². The molecule has 0 atom stereocenters. The first-order valence-electron chi connectivity index (χ1n) is 7.69. The summed E-state index contributed by atoms with van der Waals surface area (Å²) in [4.78, 5) is 12.1. The van der Waals surface area contributed by atoms with Gasteiger partial charge >= 0.3 is 0 Å². The Balaban J connectivity index is 1.62. The summed E-state index contributed by atoms with van der Waals surface area (Å²) in [5.74, 6) is 0.243. The maximum Gasteiger partial charge on any atom is 0.273 e. The van der Waals surface area contributed by atoms with Crippen LogP contribution in [0.1, 0.15) is 42.6 Å². The van der Waals surface area contributed by atoms with Crippen LogP contribution in [0.25, 0.3) is 11.3 Å². The fourth-order valence-electron chi connectivity index (χ4n) is 2.84. The number of amides is 1. The van der Waals surface area contributed by atoms with E-state index in [1.807, 2.05) is 30.3 Å². The van der Waals surface area contributed by atoms with Crippen LogP contribution in [0, 0.1) is 0 Å². The van der Waals surface area contributed by atoms with Crippen LogP contribution in [0.15, 0.2) is 40.9 Å². The van der Waals surface area contributed by atoms with Crippen molar-refractivity contribution in [2.45, 2.75) is 37.7 Å². The zero-order valence-corrected chi connectivity index (χ0v) is 12.4. The number of nitrogens with one attached hydrogen (secondary N) is 1. The third-order valence-corrected chi connectivity index (χ3v) is 4.16. The molecular formula is C17H20N2O3. The summed E-state index contributed by atoms with van der Waals surface area (Å²) < 4.78 is 5.22. The van der Waals surface area contributed by atoms with Crippen LogP contribution in [0.3, 0.4) is 0 Å². The van der Waals surface area contributed by atoms with Crippen LogP contribution in [-0.4, -0.2) is 28.3 Å². The number of aromatic nitrogens is 1. The first kappa shape index (κ1) is 14.8. The highest BCUT2D eigenvalue weighted by molar-refractivity contribution is 5.93. The van der Waals surface area contributed by atoms with E-state index >= 15 is 0 Å². The quantitative estimate of drug-likeness (QED) is 0.910.